The molecule has 3 aromatic rings. The molecule has 0 bridgehead atoms. The van der Waals surface area contributed by atoms with Crippen LogP contribution < -0.4 is 10.9 Å². The van der Waals surface area contributed by atoms with E-state index in [1.807, 2.05) is 7.05 Å². The molecule has 2 atom stereocenters. The van der Waals surface area contributed by atoms with E-state index < -0.39 is 40.8 Å². The zero-order valence-electron chi connectivity index (χ0n) is 16.7. The van der Waals surface area contributed by atoms with E-state index in [4.69, 9.17) is 0 Å². The van der Waals surface area contributed by atoms with Gasteiger partial charge >= 0.3 is 0 Å². The summed E-state index contributed by atoms with van der Waals surface area (Å²) < 4.78 is 57.5. The van der Waals surface area contributed by atoms with Crippen LogP contribution in [-0.2, 0) is 0 Å². The summed E-state index contributed by atoms with van der Waals surface area (Å²) in [5.41, 5.74) is -0.158. The summed E-state index contributed by atoms with van der Waals surface area (Å²) >= 11 is 0. The average molecular weight is 432 g/mol. The van der Waals surface area contributed by atoms with Gasteiger partial charge in [0, 0.05) is 34.7 Å². The molecule has 1 aromatic heterocycles. The maximum absolute atomic E-state index is 14.8. The van der Waals surface area contributed by atoms with Gasteiger partial charge in [0.2, 0.25) is 0 Å². The van der Waals surface area contributed by atoms with Gasteiger partial charge in [0.1, 0.15) is 23.3 Å². The van der Waals surface area contributed by atoms with Gasteiger partial charge in [-0.15, -0.1) is 0 Å². The van der Waals surface area contributed by atoms with Crippen LogP contribution in [0.5, 0.6) is 0 Å². The molecule has 9 heteroatoms. The number of rotatable bonds is 2. The number of hydrogen-bond acceptors (Lipinski definition) is 4. The monoisotopic (exact) mass is 432 g/mol. The first-order valence-corrected chi connectivity index (χ1v) is 10.1. The third kappa shape index (κ3) is 3.27. The summed E-state index contributed by atoms with van der Waals surface area (Å²) in [4.78, 5) is 14.5. The highest BCUT2D eigenvalue weighted by Crippen LogP contribution is 2.50. The number of H-pyrrole nitrogens is 1. The summed E-state index contributed by atoms with van der Waals surface area (Å²) in [5.74, 6) is -4.21. The van der Waals surface area contributed by atoms with Crippen molar-refractivity contribution in [3.05, 3.63) is 69.1 Å². The van der Waals surface area contributed by atoms with Crippen LogP contribution in [0.1, 0.15) is 36.1 Å². The van der Waals surface area contributed by atoms with Crippen molar-refractivity contribution >= 4 is 16.5 Å². The van der Waals surface area contributed by atoms with Crippen molar-refractivity contribution in [3.63, 3.8) is 0 Å². The van der Waals surface area contributed by atoms with Crippen LogP contribution >= 0.6 is 0 Å². The van der Waals surface area contributed by atoms with Gasteiger partial charge in [0.05, 0.1) is 17.1 Å². The Morgan fingerprint density at radius 3 is 2.32 bits per heavy atom. The number of anilines is 1. The minimum absolute atomic E-state index is 0.00245. The first-order chi connectivity index (χ1) is 14.8. The Labute approximate surface area is 175 Å². The van der Waals surface area contributed by atoms with Gasteiger partial charge in [-0.05, 0) is 51.0 Å². The van der Waals surface area contributed by atoms with Crippen molar-refractivity contribution in [2.24, 2.45) is 5.92 Å². The highest BCUT2D eigenvalue weighted by atomic mass is 19.1. The normalized spacial score (nSPS) is 22.0. The van der Waals surface area contributed by atoms with Crippen LogP contribution in [0.4, 0.5) is 23.2 Å². The lowest BCUT2D eigenvalue weighted by atomic mass is 9.73. The number of likely N-dealkylation sites (tertiary alicyclic amines) is 1. The van der Waals surface area contributed by atoms with Gasteiger partial charge in [-0.25, -0.2) is 22.7 Å². The summed E-state index contributed by atoms with van der Waals surface area (Å²) in [5, 5.41) is 10.3. The molecule has 2 N–H and O–H groups in total. The highest BCUT2D eigenvalue weighted by Gasteiger charge is 2.42. The molecule has 0 aliphatic carbocycles. The van der Waals surface area contributed by atoms with Gasteiger partial charge in [-0.2, -0.15) is 5.10 Å². The molecule has 31 heavy (non-hydrogen) atoms. The van der Waals surface area contributed by atoms with E-state index in [0.29, 0.717) is 23.2 Å². The van der Waals surface area contributed by atoms with Gasteiger partial charge in [0.25, 0.3) is 5.56 Å². The number of nitrogens with zero attached hydrogens (tertiary/aromatic N) is 2. The maximum Gasteiger partial charge on any atom is 0.272 e. The van der Waals surface area contributed by atoms with E-state index >= 15 is 0 Å². The van der Waals surface area contributed by atoms with Gasteiger partial charge in [0.15, 0.2) is 0 Å². The van der Waals surface area contributed by atoms with Gasteiger partial charge < -0.3 is 10.2 Å². The fourth-order valence-electron chi connectivity index (χ4n) is 5.04. The number of aromatic amines is 1. The number of hydrogen-bond donors (Lipinski definition) is 2. The zero-order chi connectivity index (χ0) is 21.9. The quantitative estimate of drug-likeness (QED) is 0.600. The molecule has 2 aromatic carbocycles. The average Bonchev–Trinajstić information content (AvgIpc) is 2.70. The Morgan fingerprint density at radius 1 is 1.00 bits per heavy atom. The molecule has 0 radical (unpaired) electrons. The van der Waals surface area contributed by atoms with Crippen molar-refractivity contribution in [2.45, 2.75) is 24.8 Å². The van der Waals surface area contributed by atoms with E-state index in [-0.39, 0.29) is 22.6 Å². The Hall–Kier alpha value is -2.94. The maximum atomic E-state index is 14.8. The number of piperidine rings is 1. The molecule has 162 valence electrons. The molecule has 1 fully saturated rings. The molecule has 5 rings (SSSR count). The third-order valence-corrected chi connectivity index (χ3v) is 6.49. The smallest absolute Gasteiger partial charge is 0.272 e. The van der Waals surface area contributed by atoms with Crippen molar-refractivity contribution in [2.75, 3.05) is 25.5 Å². The fourth-order valence-corrected chi connectivity index (χ4v) is 5.04. The van der Waals surface area contributed by atoms with Crippen LogP contribution in [0, 0.1) is 29.2 Å². The second-order valence-corrected chi connectivity index (χ2v) is 8.39. The Morgan fingerprint density at radius 2 is 1.65 bits per heavy atom. The van der Waals surface area contributed by atoms with Crippen LogP contribution in [0.15, 0.2) is 29.1 Å². The SMILES string of the molecule is CN1CCC([C@@H]2c3n[nH]c(=O)c4cc(F)cc(c34)N[C@H]2c2c(F)cc(F)cc2F)CC1. The molecule has 0 saturated carbocycles. The fraction of sp³-hybridized carbons (Fsp3) is 0.364. The first kappa shape index (κ1) is 20.0. The summed E-state index contributed by atoms with van der Waals surface area (Å²) in [7, 11) is 2.00. The third-order valence-electron chi connectivity index (χ3n) is 6.49. The zero-order valence-corrected chi connectivity index (χ0v) is 16.7. The predicted molar refractivity (Wildman–Crippen MR) is 108 cm³/mol. The molecule has 3 heterocycles. The van der Waals surface area contributed by atoms with Crippen LogP contribution in [0.25, 0.3) is 10.8 Å². The van der Waals surface area contributed by atoms with Crippen molar-refractivity contribution in [3.8, 4) is 0 Å². The predicted octanol–water partition coefficient (Wildman–Crippen LogP) is 4.07. The summed E-state index contributed by atoms with van der Waals surface area (Å²) in [6.07, 6.45) is 1.51. The van der Waals surface area contributed by atoms with Crippen molar-refractivity contribution in [1.29, 1.82) is 0 Å². The summed E-state index contributed by atoms with van der Waals surface area (Å²) in [6, 6.07) is 2.66. The number of halogens is 4. The number of benzene rings is 2. The van der Waals surface area contributed by atoms with E-state index in [1.165, 1.54) is 6.07 Å². The van der Waals surface area contributed by atoms with Crippen LogP contribution in [0.3, 0.4) is 0 Å². The minimum atomic E-state index is -1.02. The number of nitrogens with one attached hydrogen (secondary N) is 2. The lowest BCUT2D eigenvalue weighted by Crippen LogP contribution is -2.38. The summed E-state index contributed by atoms with van der Waals surface area (Å²) in [6.45, 7) is 1.59. The van der Waals surface area contributed by atoms with E-state index in [9.17, 15) is 22.4 Å². The molecule has 2 aliphatic rings. The molecular weight excluding hydrogens is 412 g/mol. The standard InChI is InChI=1S/C22H20F4N4O/c1-30-4-2-10(3-5-30)17-20(19-14(25)7-12(24)8-15(19)26)27-16-9-11(23)6-13-18(16)21(17)28-29-22(13)31/h6-10,17,20,27H,2-5H2,1H3,(H,29,31)/t17-,20+/m0/s1. The van der Waals surface area contributed by atoms with Gasteiger partial charge in [-0.3, -0.25) is 4.79 Å². The van der Waals surface area contributed by atoms with Crippen molar-refractivity contribution in [1.82, 2.24) is 15.1 Å². The minimum Gasteiger partial charge on any atom is -0.377 e. The largest absolute Gasteiger partial charge is 0.377 e. The van der Waals surface area contributed by atoms with Gasteiger partial charge in [-0.1, -0.05) is 0 Å². The van der Waals surface area contributed by atoms with Crippen LogP contribution in [-0.4, -0.2) is 35.2 Å². The molecule has 0 amide bonds. The number of aromatic nitrogens is 2. The topological polar surface area (TPSA) is 61.0 Å². The molecule has 0 unspecified atom stereocenters. The second-order valence-electron chi connectivity index (χ2n) is 8.39. The molecular formula is C22H20F4N4O. The second kappa shape index (κ2) is 7.33. The van der Waals surface area contributed by atoms with E-state index in [0.717, 1.165) is 32.0 Å². The first-order valence-electron chi connectivity index (χ1n) is 10.1. The molecule has 0 spiro atoms. The van der Waals surface area contributed by atoms with Crippen LogP contribution in [0.2, 0.25) is 0 Å². The van der Waals surface area contributed by atoms with Crippen molar-refractivity contribution < 1.29 is 17.6 Å². The molecule has 1 saturated heterocycles. The lowest BCUT2D eigenvalue weighted by Gasteiger charge is -2.41. The lowest BCUT2D eigenvalue weighted by molar-refractivity contribution is 0.186. The molecule has 5 nitrogen and oxygen atoms in total. The van der Waals surface area contributed by atoms with E-state index in [1.54, 1.807) is 0 Å². The molecule has 2 aliphatic heterocycles. The van der Waals surface area contributed by atoms with E-state index in [2.05, 4.69) is 20.4 Å². The Kier molecular flexibility index (Phi) is 4.73. The Bertz CT molecular complexity index is 1210. The Balaban J connectivity index is 1.75. The highest BCUT2D eigenvalue weighted by molar-refractivity contribution is 5.97.